The SMILES string of the molecule is O=C(Cc1ccccc1)N(CCC1CCC2(CC2)CN1)C1CC1. The summed E-state index contributed by atoms with van der Waals surface area (Å²) in [7, 11) is 0. The van der Waals surface area contributed by atoms with Crippen LogP contribution < -0.4 is 5.32 Å². The molecule has 0 bridgehead atoms. The highest BCUT2D eigenvalue weighted by Crippen LogP contribution is 2.51. The minimum Gasteiger partial charge on any atom is -0.339 e. The Balaban J connectivity index is 1.28. The summed E-state index contributed by atoms with van der Waals surface area (Å²) >= 11 is 0. The molecule has 23 heavy (non-hydrogen) atoms. The van der Waals surface area contributed by atoms with Crippen LogP contribution in [0.15, 0.2) is 30.3 Å². The fourth-order valence-corrected chi connectivity index (χ4v) is 3.95. The van der Waals surface area contributed by atoms with E-state index in [4.69, 9.17) is 0 Å². The van der Waals surface area contributed by atoms with Gasteiger partial charge in [0.25, 0.3) is 0 Å². The van der Waals surface area contributed by atoms with Gasteiger partial charge in [-0.2, -0.15) is 0 Å². The van der Waals surface area contributed by atoms with Crippen molar-refractivity contribution in [1.82, 2.24) is 10.2 Å². The highest BCUT2D eigenvalue weighted by Gasteiger charge is 2.44. The molecule has 1 spiro atoms. The third kappa shape index (κ3) is 3.77. The Kier molecular flexibility index (Phi) is 4.14. The molecule has 1 atom stereocenters. The molecule has 0 aromatic heterocycles. The lowest BCUT2D eigenvalue weighted by atomic mass is 9.91. The molecule has 1 aliphatic heterocycles. The van der Waals surface area contributed by atoms with E-state index in [1.165, 1.54) is 45.1 Å². The van der Waals surface area contributed by atoms with Crippen molar-refractivity contribution in [1.29, 1.82) is 0 Å². The van der Waals surface area contributed by atoms with E-state index in [2.05, 4.69) is 22.3 Å². The maximum absolute atomic E-state index is 12.7. The van der Waals surface area contributed by atoms with Crippen molar-refractivity contribution in [2.45, 2.75) is 63.5 Å². The molecule has 2 aliphatic carbocycles. The van der Waals surface area contributed by atoms with Crippen molar-refractivity contribution >= 4 is 5.91 Å². The fourth-order valence-electron chi connectivity index (χ4n) is 3.95. The van der Waals surface area contributed by atoms with Crippen molar-refractivity contribution in [3.63, 3.8) is 0 Å². The van der Waals surface area contributed by atoms with Gasteiger partial charge in [0.05, 0.1) is 6.42 Å². The minimum absolute atomic E-state index is 0.313. The first-order chi connectivity index (χ1) is 11.2. The van der Waals surface area contributed by atoms with Crippen LogP contribution in [0.1, 0.15) is 50.5 Å². The lowest BCUT2D eigenvalue weighted by molar-refractivity contribution is -0.131. The second-order valence-electron chi connectivity index (χ2n) is 7.89. The van der Waals surface area contributed by atoms with E-state index in [1.54, 1.807) is 0 Å². The average molecular weight is 312 g/mol. The standard InChI is InChI=1S/C20H28N2O/c23-19(14-16-4-2-1-3-5-16)22(18-6-7-18)13-9-17-8-10-20(11-12-20)15-21-17/h1-5,17-18,21H,6-15H2. The largest absolute Gasteiger partial charge is 0.339 e. The molecular weight excluding hydrogens is 284 g/mol. The van der Waals surface area contributed by atoms with Crippen LogP contribution in [-0.4, -0.2) is 36.0 Å². The quantitative estimate of drug-likeness (QED) is 0.875. The Bertz CT molecular complexity index is 538. The number of nitrogens with zero attached hydrogens (tertiary/aromatic N) is 1. The van der Waals surface area contributed by atoms with Crippen LogP contribution >= 0.6 is 0 Å². The molecule has 0 radical (unpaired) electrons. The predicted octanol–water partition coefficient (Wildman–Crippen LogP) is 3.14. The first-order valence-corrected chi connectivity index (χ1v) is 9.31. The molecule has 1 saturated heterocycles. The number of benzene rings is 1. The number of piperidine rings is 1. The minimum atomic E-state index is 0.313. The molecule has 1 N–H and O–H groups in total. The molecule has 4 rings (SSSR count). The second-order valence-corrected chi connectivity index (χ2v) is 7.89. The van der Waals surface area contributed by atoms with Crippen LogP contribution in [0.25, 0.3) is 0 Å². The van der Waals surface area contributed by atoms with E-state index in [-0.39, 0.29) is 0 Å². The fraction of sp³-hybridized carbons (Fsp3) is 0.650. The van der Waals surface area contributed by atoms with Crippen LogP contribution in [0, 0.1) is 5.41 Å². The van der Waals surface area contributed by atoms with E-state index < -0.39 is 0 Å². The van der Waals surface area contributed by atoms with Crippen LogP contribution in [0.5, 0.6) is 0 Å². The van der Waals surface area contributed by atoms with Gasteiger partial charge >= 0.3 is 0 Å². The topological polar surface area (TPSA) is 32.3 Å². The summed E-state index contributed by atoms with van der Waals surface area (Å²) in [4.78, 5) is 14.8. The van der Waals surface area contributed by atoms with Gasteiger partial charge in [-0.3, -0.25) is 4.79 Å². The second kappa shape index (κ2) is 6.27. The molecule has 3 nitrogen and oxygen atoms in total. The van der Waals surface area contributed by atoms with Gasteiger partial charge in [0.2, 0.25) is 5.91 Å². The number of amides is 1. The van der Waals surface area contributed by atoms with Gasteiger partial charge in [0, 0.05) is 25.2 Å². The van der Waals surface area contributed by atoms with Crippen molar-refractivity contribution in [2.75, 3.05) is 13.1 Å². The monoisotopic (exact) mass is 312 g/mol. The predicted molar refractivity (Wildman–Crippen MR) is 92.2 cm³/mol. The summed E-state index contributed by atoms with van der Waals surface area (Å²) in [6, 6.07) is 11.3. The lowest BCUT2D eigenvalue weighted by Crippen LogP contribution is -2.43. The van der Waals surface area contributed by atoms with Crippen molar-refractivity contribution in [3.05, 3.63) is 35.9 Å². The summed E-state index contributed by atoms with van der Waals surface area (Å²) in [5, 5.41) is 3.74. The Morgan fingerprint density at radius 1 is 1.13 bits per heavy atom. The molecule has 2 saturated carbocycles. The zero-order valence-corrected chi connectivity index (χ0v) is 14.0. The molecular formula is C20H28N2O. The highest BCUT2D eigenvalue weighted by atomic mass is 16.2. The van der Waals surface area contributed by atoms with Crippen molar-refractivity contribution in [3.8, 4) is 0 Å². The Labute approximate surface area is 139 Å². The molecule has 1 aromatic carbocycles. The smallest absolute Gasteiger partial charge is 0.227 e. The first kappa shape index (κ1) is 15.2. The molecule has 1 amide bonds. The van der Waals surface area contributed by atoms with Crippen molar-refractivity contribution < 1.29 is 4.79 Å². The summed E-state index contributed by atoms with van der Waals surface area (Å²) in [6.45, 7) is 2.14. The summed E-state index contributed by atoms with van der Waals surface area (Å²) in [5.41, 5.74) is 1.81. The third-order valence-corrected chi connectivity index (χ3v) is 5.97. The van der Waals surface area contributed by atoms with Gasteiger partial charge in [-0.05, 0) is 55.9 Å². The van der Waals surface area contributed by atoms with Gasteiger partial charge < -0.3 is 10.2 Å². The first-order valence-electron chi connectivity index (χ1n) is 9.31. The van der Waals surface area contributed by atoms with Crippen LogP contribution in [-0.2, 0) is 11.2 Å². The summed E-state index contributed by atoms with van der Waals surface area (Å²) in [5.74, 6) is 0.313. The Morgan fingerprint density at radius 3 is 2.52 bits per heavy atom. The lowest BCUT2D eigenvalue weighted by Gasteiger charge is -2.32. The van der Waals surface area contributed by atoms with Gasteiger partial charge in [0.1, 0.15) is 0 Å². The third-order valence-electron chi connectivity index (χ3n) is 5.97. The molecule has 1 heterocycles. The van der Waals surface area contributed by atoms with E-state index in [0.717, 1.165) is 18.5 Å². The molecule has 124 valence electrons. The van der Waals surface area contributed by atoms with Crippen LogP contribution in [0.4, 0.5) is 0 Å². The summed E-state index contributed by atoms with van der Waals surface area (Å²) in [6.07, 6.45) is 9.61. The number of nitrogens with one attached hydrogen (secondary N) is 1. The van der Waals surface area contributed by atoms with Gasteiger partial charge in [-0.25, -0.2) is 0 Å². The van der Waals surface area contributed by atoms with Crippen molar-refractivity contribution in [2.24, 2.45) is 5.41 Å². The number of hydrogen-bond donors (Lipinski definition) is 1. The number of rotatable bonds is 6. The highest BCUT2D eigenvalue weighted by molar-refractivity contribution is 5.79. The van der Waals surface area contributed by atoms with Gasteiger partial charge in [-0.1, -0.05) is 30.3 Å². The number of carbonyl (C=O) groups excluding carboxylic acids is 1. The Hall–Kier alpha value is -1.35. The average Bonchev–Trinajstić information content (AvgIpc) is 3.48. The molecule has 3 aliphatic rings. The molecule has 3 fully saturated rings. The van der Waals surface area contributed by atoms with Crippen LogP contribution in [0.3, 0.4) is 0 Å². The van der Waals surface area contributed by atoms with Gasteiger partial charge in [0.15, 0.2) is 0 Å². The Morgan fingerprint density at radius 2 is 1.91 bits per heavy atom. The zero-order chi connectivity index (χ0) is 15.7. The van der Waals surface area contributed by atoms with E-state index in [9.17, 15) is 4.79 Å². The maximum Gasteiger partial charge on any atom is 0.227 e. The summed E-state index contributed by atoms with van der Waals surface area (Å²) < 4.78 is 0. The number of hydrogen-bond acceptors (Lipinski definition) is 2. The number of carbonyl (C=O) groups is 1. The van der Waals surface area contributed by atoms with E-state index in [1.807, 2.05) is 18.2 Å². The maximum atomic E-state index is 12.7. The van der Waals surface area contributed by atoms with Gasteiger partial charge in [-0.15, -0.1) is 0 Å². The van der Waals surface area contributed by atoms with E-state index in [0.29, 0.717) is 29.8 Å². The van der Waals surface area contributed by atoms with E-state index >= 15 is 0 Å². The normalized spacial score (nSPS) is 25.3. The molecule has 3 heteroatoms. The molecule has 1 aromatic rings. The molecule has 1 unspecified atom stereocenters. The van der Waals surface area contributed by atoms with Crippen LogP contribution in [0.2, 0.25) is 0 Å². The zero-order valence-electron chi connectivity index (χ0n) is 14.0.